The van der Waals surface area contributed by atoms with Gasteiger partial charge in [0, 0.05) is 16.8 Å². The van der Waals surface area contributed by atoms with E-state index in [4.69, 9.17) is 4.98 Å². The first-order valence-electron chi connectivity index (χ1n) is 8.35. The highest BCUT2D eigenvalue weighted by Crippen LogP contribution is 2.43. The zero-order chi connectivity index (χ0) is 14.1. The summed E-state index contributed by atoms with van der Waals surface area (Å²) in [5.74, 6) is 2.55. The van der Waals surface area contributed by atoms with E-state index in [1.54, 1.807) is 4.88 Å². The van der Waals surface area contributed by atoms with E-state index in [9.17, 15) is 0 Å². The minimum atomic E-state index is 0.567. The highest BCUT2D eigenvalue weighted by Gasteiger charge is 2.29. The maximum absolute atomic E-state index is 5.02. The van der Waals surface area contributed by atoms with Gasteiger partial charge >= 0.3 is 0 Å². The van der Waals surface area contributed by atoms with Crippen molar-refractivity contribution in [1.82, 2.24) is 10.3 Å². The van der Waals surface area contributed by atoms with Crippen molar-refractivity contribution in [2.75, 3.05) is 7.05 Å². The predicted octanol–water partition coefficient (Wildman–Crippen LogP) is 4.67. The Balaban J connectivity index is 1.71. The molecule has 0 aromatic carbocycles. The van der Waals surface area contributed by atoms with Crippen molar-refractivity contribution in [3.63, 3.8) is 0 Å². The van der Waals surface area contributed by atoms with E-state index in [0.717, 1.165) is 17.8 Å². The Morgan fingerprint density at radius 1 is 1.15 bits per heavy atom. The van der Waals surface area contributed by atoms with Crippen molar-refractivity contribution in [3.8, 4) is 0 Å². The molecule has 1 atom stereocenters. The molecule has 1 aromatic heterocycles. The minimum absolute atomic E-state index is 0.567. The molecular formula is C17H28N2S. The van der Waals surface area contributed by atoms with Crippen molar-refractivity contribution in [2.45, 2.75) is 70.8 Å². The molecule has 0 spiro atoms. The van der Waals surface area contributed by atoms with E-state index in [2.05, 4.69) is 26.2 Å². The largest absolute Gasteiger partial charge is 0.312 e. The SMILES string of the molecule is CNC1CCCc2nc(C3CCC(C(C)C)CC3)sc21. The molecule has 0 aliphatic heterocycles. The third kappa shape index (κ3) is 2.80. The molecule has 1 fully saturated rings. The first kappa shape index (κ1) is 14.5. The summed E-state index contributed by atoms with van der Waals surface area (Å²) in [5, 5.41) is 4.91. The number of hydrogen-bond acceptors (Lipinski definition) is 3. The molecule has 1 saturated carbocycles. The summed E-state index contributed by atoms with van der Waals surface area (Å²) >= 11 is 2.01. The Labute approximate surface area is 127 Å². The highest BCUT2D eigenvalue weighted by atomic mass is 32.1. The lowest BCUT2D eigenvalue weighted by molar-refractivity contribution is 0.258. The summed E-state index contributed by atoms with van der Waals surface area (Å²) < 4.78 is 0. The summed E-state index contributed by atoms with van der Waals surface area (Å²) in [6, 6.07) is 0.567. The molecule has 2 nitrogen and oxygen atoms in total. The average Bonchev–Trinajstić information content (AvgIpc) is 2.91. The summed E-state index contributed by atoms with van der Waals surface area (Å²) in [7, 11) is 2.09. The van der Waals surface area contributed by atoms with Crippen LogP contribution >= 0.6 is 11.3 Å². The lowest BCUT2D eigenvalue weighted by atomic mass is 9.77. The van der Waals surface area contributed by atoms with Crippen LogP contribution in [0.4, 0.5) is 0 Å². The van der Waals surface area contributed by atoms with Crippen molar-refractivity contribution in [1.29, 1.82) is 0 Å². The predicted molar refractivity (Wildman–Crippen MR) is 86.4 cm³/mol. The van der Waals surface area contributed by atoms with Gasteiger partial charge in [-0.25, -0.2) is 4.98 Å². The van der Waals surface area contributed by atoms with Crippen LogP contribution < -0.4 is 5.32 Å². The van der Waals surface area contributed by atoms with Gasteiger partial charge in [-0.15, -0.1) is 11.3 Å². The molecule has 1 N–H and O–H groups in total. The Morgan fingerprint density at radius 2 is 1.90 bits per heavy atom. The van der Waals surface area contributed by atoms with Crippen molar-refractivity contribution in [2.24, 2.45) is 11.8 Å². The number of thiazole rings is 1. The molecule has 1 aromatic rings. The van der Waals surface area contributed by atoms with Gasteiger partial charge in [0.2, 0.25) is 0 Å². The number of nitrogens with one attached hydrogen (secondary N) is 1. The van der Waals surface area contributed by atoms with Gasteiger partial charge in [-0.05, 0) is 63.8 Å². The molecular weight excluding hydrogens is 264 g/mol. The normalized spacial score (nSPS) is 30.5. The highest BCUT2D eigenvalue weighted by molar-refractivity contribution is 7.12. The fourth-order valence-corrected chi connectivity index (χ4v) is 5.35. The molecule has 112 valence electrons. The summed E-state index contributed by atoms with van der Waals surface area (Å²) in [4.78, 5) is 6.56. The van der Waals surface area contributed by atoms with E-state index >= 15 is 0 Å². The number of aryl methyl sites for hydroxylation is 1. The topological polar surface area (TPSA) is 24.9 Å². The molecule has 3 heteroatoms. The van der Waals surface area contributed by atoms with Gasteiger partial charge in [0.25, 0.3) is 0 Å². The van der Waals surface area contributed by atoms with Crippen molar-refractivity contribution >= 4 is 11.3 Å². The zero-order valence-electron chi connectivity index (χ0n) is 13.1. The van der Waals surface area contributed by atoms with Crippen LogP contribution in [0, 0.1) is 11.8 Å². The summed E-state index contributed by atoms with van der Waals surface area (Å²) in [6.07, 6.45) is 9.31. The van der Waals surface area contributed by atoms with Gasteiger partial charge in [-0.1, -0.05) is 13.8 Å². The van der Waals surface area contributed by atoms with E-state index in [1.807, 2.05) is 11.3 Å². The summed E-state index contributed by atoms with van der Waals surface area (Å²) in [6.45, 7) is 4.76. The fraction of sp³-hybridized carbons (Fsp3) is 0.824. The van der Waals surface area contributed by atoms with Crippen LogP contribution in [0.2, 0.25) is 0 Å². The van der Waals surface area contributed by atoms with Gasteiger partial charge in [0.1, 0.15) is 0 Å². The quantitative estimate of drug-likeness (QED) is 0.875. The Bertz CT molecular complexity index is 444. The van der Waals surface area contributed by atoms with Crippen LogP contribution in [0.15, 0.2) is 0 Å². The molecule has 3 rings (SSSR count). The monoisotopic (exact) mass is 292 g/mol. The molecule has 2 aliphatic carbocycles. The Morgan fingerprint density at radius 3 is 2.55 bits per heavy atom. The number of nitrogens with zero attached hydrogens (tertiary/aromatic N) is 1. The molecule has 0 saturated heterocycles. The molecule has 1 unspecified atom stereocenters. The average molecular weight is 292 g/mol. The number of fused-ring (bicyclic) bond motifs is 1. The maximum Gasteiger partial charge on any atom is 0.0962 e. The van der Waals surface area contributed by atoms with E-state index < -0.39 is 0 Å². The van der Waals surface area contributed by atoms with Crippen molar-refractivity contribution < 1.29 is 0 Å². The lowest BCUT2D eigenvalue weighted by Crippen LogP contribution is -2.19. The number of aromatic nitrogens is 1. The van der Waals surface area contributed by atoms with Crippen LogP contribution in [0.5, 0.6) is 0 Å². The van der Waals surface area contributed by atoms with Gasteiger partial charge in [-0.2, -0.15) is 0 Å². The molecule has 0 bridgehead atoms. The molecule has 0 radical (unpaired) electrons. The summed E-state index contributed by atoms with van der Waals surface area (Å²) in [5.41, 5.74) is 1.40. The smallest absolute Gasteiger partial charge is 0.0962 e. The number of hydrogen-bond donors (Lipinski definition) is 1. The van der Waals surface area contributed by atoms with Gasteiger partial charge in [0.15, 0.2) is 0 Å². The van der Waals surface area contributed by atoms with Crippen LogP contribution in [0.1, 0.15) is 79.9 Å². The second-order valence-electron chi connectivity index (χ2n) is 6.95. The van der Waals surface area contributed by atoms with E-state index in [1.165, 1.54) is 55.6 Å². The third-order valence-corrected chi connectivity index (χ3v) is 6.75. The first-order chi connectivity index (χ1) is 9.69. The lowest BCUT2D eigenvalue weighted by Gasteiger charge is -2.29. The van der Waals surface area contributed by atoms with Gasteiger partial charge in [0.05, 0.1) is 10.7 Å². The molecule has 1 heterocycles. The maximum atomic E-state index is 5.02. The fourth-order valence-electron chi connectivity index (χ4n) is 3.92. The molecule has 2 aliphatic rings. The third-order valence-electron chi connectivity index (χ3n) is 5.38. The zero-order valence-corrected chi connectivity index (χ0v) is 13.9. The minimum Gasteiger partial charge on any atom is -0.312 e. The van der Waals surface area contributed by atoms with E-state index in [-0.39, 0.29) is 0 Å². The molecule has 0 amide bonds. The standard InChI is InChI=1S/C17H28N2S/c1-11(2)12-7-9-13(10-8-12)17-19-15-6-4-5-14(18-3)16(15)20-17/h11-14,18H,4-10H2,1-3H3. The Hall–Kier alpha value is -0.410. The van der Waals surface area contributed by atoms with Gasteiger partial charge < -0.3 is 5.32 Å². The first-order valence-corrected chi connectivity index (χ1v) is 9.17. The number of rotatable bonds is 3. The van der Waals surface area contributed by atoms with Gasteiger partial charge in [-0.3, -0.25) is 0 Å². The van der Waals surface area contributed by atoms with Crippen LogP contribution in [-0.4, -0.2) is 12.0 Å². The van der Waals surface area contributed by atoms with Crippen LogP contribution in [0.25, 0.3) is 0 Å². The van der Waals surface area contributed by atoms with Crippen molar-refractivity contribution in [3.05, 3.63) is 15.6 Å². The second-order valence-corrected chi connectivity index (χ2v) is 8.01. The second kappa shape index (κ2) is 6.15. The Kier molecular flexibility index (Phi) is 4.46. The van der Waals surface area contributed by atoms with Crippen LogP contribution in [0.3, 0.4) is 0 Å². The molecule has 20 heavy (non-hydrogen) atoms. The van der Waals surface area contributed by atoms with Crippen LogP contribution in [-0.2, 0) is 6.42 Å². The van der Waals surface area contributed by atoms with E-state index in [0.29, 0.717) is 6.04 Å².